The smallest absolute Gasteiger partial charge is 0.389 e. The van der Waals surface area contributed by atoms with E-state index in [1.54, 1.807) is 0 Å². The van der Waals surface area contributed by atoms with E-state index in [1.807, 2.05) is 0 Å². The molecule has 0 aromatic carbocycles. The summed E-state index contributed by atoms with van der Waals surface area (Å²) >= 11 is 0. The van der Waals surface area contributed by atoms with Crippen LogP contribution >= 0.6 is 15.6 Å². The first kappa shape index (κ1) is 20.2. The third-order valence-electron chi connectivity index (χ3n) is 3.69. The Bertz CT molecular complexity index is 933. The van der Waals surface area contributed by atoms with Crippen LogP contribution in [0.1, 0.15) is 6.23 Å². The van der Waals surface area contributed by atoms with Crippen molar-refractivity contribution in [3.05, 3.63) is 12.7 Å². The van der Waals surface area contributed by atoms with Gasteiger partial charge >= 0.3 is 15.6 Å². The molecule has 1 aliphatic heterocycles. The topological polar surface area (TPSA) is 238 Å². The molecule has 0 bridgehead atoms. The van der Waals surface area contributed by atoms with E-state index >= 15 is 0 Å². The second kappa shape index (κ2) is 7.14. The highest BCUT2D eigenvalue weighted by molar-refractivity contribution is 7.60. The molecule has 0 radical (unpaired) electrons. The molecule has 1 saturated heterocycles. The van der Waals surface area contributed by atoms with Crippen molar-refractivity contribution in [3.63, 3.8) is 0 Å². The molecule has 3 rings (SSSR count). The fraction of sp³-hybridized carbons (Fsp3) is 0.500. The first-order valence-electron chi connectivity index (χ1n) is 7.25. The van der Waals surface area contributed by atoms with Crippen LogP contribution in [-0.2, 0) is 22.7 Å². The molecule has 5 unspecified atom stereocenters. The van der Waals surface area contributed by atoms with Gasteiger partial charge in [0.05, 0.1) is 19.0 Å². The van der Waals surface area contributed by atoms with Crippen LogP contribution in [0.3, 0.4) is 0 Å². The minimum absolute atomic E-state index is 0.126. The third kappa shape index (κ3) is 4.33. The van der Waals surface area contributed by atoms with Crippen molar-refractivity contribution in [1.82, 2.24) is 19.5 Å². The Kier molecular flexibility index (Phi) is 5.35. The number of phosphoric ester groups is 1. The van der Waals surface area contributed by atoms with Crippen molar-refractivity contribution in [3.8, 4) is 0 Å². The number of hydrogen-bond donors (Lipinski definition) is 6. The number of hydrogen-bond acceptors (Lipinski definition) is 11. The predicted molar refractivity (Wildman–Crippen MR) is 86.5 cm³/mol. The van der Waals surface area contributed by atoms with Gasteiger partial charge in [-0.05, 0) is 0 Å². The van der Waals surface area contributed by atoms with Crippen LogP contribution in [-0.4, -0.2) is 64.2 Å². The molecule has 17 heteroatoms. The highest BCUT2D eigenvalue weighted by Gasteiger charge is 2.45. The second-order valence-electron chi connectivity index (χ2n) is 5.55. The van der Waals surface area contributed by atoms with Gasteiger partial charge in [0, 0.05) is 0 Å². The molecular weight excluding hydrogens is 410 g/mol. The van der Waals surface area contributed by atoms with Gasteiger partial charge in [0.25, 0.3) is 0 Å². The van der Waals surface area contributed by atoms with E-state index < -0.39 is 46.7 Å². The maximum Gasteiger partial charge on any atom is 0.481 e. The minimum Gasteiger partial charge on any atom is -0.389 e. The Hall–Kier alpha value is -1.51. The van der Waals surface area contributed by atoms with Gasteiger partial charge < -0.3 is 36.0 Å². The van der Waals surface area contributed by atoms with Crippen LogP contribution in [0, 0.1) is 0 Å². The molecule has 5 atom stereocenters. The number of nitrogens with zero attached hydrogens (tertiary/aromatic N) is 4. The molecule has 8 N–H and O–H groups in total. The van der Waals surface area contributed by atoms with E-state index in [9.17, 15) is 19.1 Å². The van der Waals surface area contributed by atoms with Gasteiger partial charge in [-0.3, -0.25) is 9.09 Å². The van der Waals surface area contributed by atoms with E-state index in [2.05, 4.69) is 23.8 Å². The number of aliphatic hydroxyl groups excluding tert-OH is 1. The number of aliphatic hydroxyl groups is 1. The first-order chi connectivity index (χ1) is 12.5. The maximum atomic E-state index is 11.5. The number of imidazole rings is 1. The summed E-state index contributed by atoms with van der Waals surface area (Å²) in [5, 5.41) is 10.2. The molecule has 0 spiro atoms. The number of fused-ring (bicyclic) bond motifs is 1. The first-order valence-corrected chi connectivity index (χ1v) is 10.3. The zero-order valence-corrected chi connectivity index (χ0v) is 15.1. The van der Waals surface area contributed by atoms with Crippen molar-refractivity contribution in [2.45, 2.75) is 24.5 Å². The van der Waals surface area contributed by atoms with E-state index in [4.69, 9.17) is 26.0 Å². The van der Waals surface area contributed by atoms with E-state index in [0.717, 1.165) is 0 Å². The number of phosphoric acid groups is 2. The molecule has 0 amide bonds. The molecular formula is C10H16N6O9P2. The number of rotatable bonds is 6. The van der Waals surface area contributed by atoms with Gasteiger partial charge in [-0.1, -0.05) is 0 Å². The highest BCUT2D eigenvalue weighted by Crippen LogP contribution is 2.57. The van der Waals surface area contributed by atoms with Gasteiger partial charge in [-0.25, -0.2) is 24.1 Å². The fourth-order valence-corrected chi connectivity index (χ4v) is 4.14. The number of anilines is 1. The van der Waals surface area contributed by atoms with Crippen LogP contribution in [0.15, 0.2) is 12.7 Å². The normalized spacial score (nSPS) is 28.5. The lowest BCUT2D eigenvalue weighted by molar-refractivity contribution is -0.0428. The predicted octanol–water partition coefficient (Wildman–Crippen LogP) is -1.78. The summed E-state index contributed by atoms with van der Waals surface area (Å²) in [7, 11) is -10.4. The van der Waals surface area contributed by atoms with Crippen molar-refractivity contribution in [2.75, 3.05) is 12.3 Å². The van der Waals surface area contributed by atoms with E-state index in [-0.39, 0.29) is 17.0 Å². The Balaban J connectivity index is 1.75. The minimum atomic E-state index is -5.26. The summed E-state index contributed by atoms with van der Waals surface area (Å²) in [5.41, 5.74) is 12.2. The standard InChI is InChI=1S/C10H16N6O9P2/c11-5-7(17)4(1-23-27(21,22)25-26(18,19)20)24-10(5)16-3-15-6-8(12)13-2-14-9(6)16/h2-5,7,10,17H,1,11H2,(H,21,22)(H2,12,13,14)(H2,18,19,20). The number of ether oxygens (including phenoxy) is 1. The molecule has 15 nitrogen and oxygen atoms in total. The molecule has 2 aromatic heterocycles. The van der Waals surface area contributed by atoms with Crippen LogP contribution < -0.4 is 11.5 Å². The summed E-state index contributed by atoms with van der Waals surface area (Å²) < 4.78 is 37.2. The number of aromatic nitrogens is 4. The highest BCUT2D eigenvalue weighted by atomic mass is 31.3. The summed E-state index contributed by atoms with van der Waals surface area (Å²) in [5.74, 6) is 0.126. The Morgan fingerprint density at radius 3 is 2.63 bits per heavy atom. The summed E-state index contributed by atoms with van der Waals surface area (Å²) in [6.07, 6.45) is -1.00. The lowest BCUT2D eigenvalue weighted by Gasteiger charge is -2.17. The second-order valence-corrected chi connectivity index (χ2v) is 8.38. The quantitative estimate of drug-likeness (QED) is 0.280. The zero-order chi connectivity index (χ0) is 20.0. The van der Waals surface area contributed by atoms with Gasteiger partial charge in [0.1, 0.15) is 24.1 Å². The summed E-state index contributed by atoms with van der Waals surface area (Å²) in [6, 6.07) is -1.01. The van der Waals surface area contributed by atoms with Crippen molar-refractivity contribution < 1.29 is 42.5 Å². The van der Waals surface area contributed by atoms with Crippen molar-refractivity contribution >= 4 is 32.6 Å². The fourth-order valence-electron chi connectivity index (χ4n) is 2.54. The molecule has 0 aliphatic carbocycles. The van der Waals surface area contributed by atoms with Crippen molar-refractivity contribution in [2.24, 2.45) is 5.73 Å². The molecule has 2 aromatic rings. The number of nitrogen functional groups attached to an aromatic ring is 1. The van der Waals surface area contributed by atoms with Gasteiger partial charge in [-0.15, -0.1) is 0 Å². The average molecular weight is 426 g/mol. The Labute approximate surface area is 150 Å². The largest absolute Gasteiger partial charge is 0.481 e. The van der Waals surface area contributed by atoms with Gasteiger partial charge in [-0.2, -0.15) is 4.31 Å². The van der Waals surface area contributed by atoms with Crippen molar-refractivity contribution in [1.29, 1.82) is 0 Å². The lowest BCUT2D eigenvalue weighted by atomic mass is 10.1. The van der Waals surface area contributed by atoms with Crippen LogP contribution in [0.5, 0.6) is 0 Å². The van der Waals surface area contributed by atoms with Gasteiger partial charge in [0.15, 0.2) is 17.7 Å². The van der Waals surface area contributed by atoms with E-state index in [1.165, 1.54) is 17.2 Å². The Morgan fingerprint density at radius 1 is 1.26 bits per heavy atom. The number of nitrogens with two attached hydrogens (primary N) is 2. The molecule has 1 aliphatic rings. The molecule has 27 heavy (non-hydrogen) atoms. The Morgan fingerprint density at radius 2 is 1.96 bits per heavy atom. The third-order valence-corrected chi connectivity index (χ3v) is 5.84. The van der Waals surface area contributed by atoms with Crippen LogP contribution in [0.25, 0.3) is 11.2 Å². The maximum absolute atomic E-state index is 11.5. The van der Waals surface area contributed by atoms with Gasteiger partial charge in [0.2, 0.25) is 0 Å². The molecule has 0 saturated carbocycles. The summed E-state index contributed by atoms with van der Waals surface area (Å²) in [6.45, 7) is -0.733. The zero-order valence-electron chi connectivity index (χ0n) is 13.3. The molecule has 3 heterocycles. The molecule has 150 valence electrons. The molecule has 1 fully saturated rings. The average Bonchev–Trinajstić information content (AvgIpc) is 3.07. The SMILES string of the molecule is Nc1ncnc2c1ncn2C1OC(COP(=O)(O)OP(=O)(O)O)C(O)C1N. The summed E-state index contributed by atoms with van der Waals surface area (Å²) in [4.78, 5) is 38.3. The lowest BCUT2D eigenvalue weighted by Crippen LogP contribution is -2.40. The van der Waals surface area contributed by atoms with Crippen LogP contribution in [0.2, 0.25) is 0 Å². The van der Waals surface area contributed by atoms with E-state index in [0.29, 0.717) is 0 Å². The van der Waals surface area contributed by atoms with Crippen LogP contribution in [0.4, 0.5) is 5.82 Å². The monoisotopic (exact) mass is 426 g/mol.